The molecule has 0 saturated heterocycles. The Hall–Kier alpha value is -1.59. The fourth-order valence-corrected chi connectivity index (χ4v) is 2.00. The van der Waals surface area contributed by atoms with E-state index in [4.69, 9.17) is 5.11 Å². The summed E-state index contributed by atoms with van der Waals surface area (Å²) in [6.07, 6.45) is 1.27. The Morgan fingerprint density at radius 3 is 2.65 bits per heavy atom. The third-order valence-corrected chi connectivity index (χ3v) is 3.06. The van der Waals surface area contributed by atoms with Crippen molar-refractivity contribution in [2.24, 2.45) is 0 Å². The minimum absolute atomic E-state index is 0.0258. The van der Waals surface area contributed by atoms with Crippen molar-refractivity contribution in [2.45, 2.75) is 45.7 Å². The Morgan fingerprint density at radius 1 is 1.35 bits per heavy atom. The first kappa shape index (κ1) is 16.5. The van der Waals surface area contributed by atoms with Crippen LogP contribution in [-0.4, -0.2) is 28.8 Å². The minimum Gasteiger partial charge on any atom is -0.508 e. The van der Waals surface area contributed by atoms with Crippen molar-refractivity contribution in [3.63, 3.8) is 0 Å². The molecular weight excluding hydrogens is 256 g/mol. The number of aliphatic hydroxyl groups excluding tert-OH is 1. The van der Waals surface area contributed by atoms with Crippen molar-refractivity contribution in [2.75, 3.05) is 11.9 Å². The van der Waals surface area contributed by atoms with Gasteiger partial charge in [0.05, 0.1) is 6.61 Å². The first-order chi connectivity index (χ1) is 9.47. The van der Waals surface area contributed by atoms with Gasteiger partial charge < -0.3 is 20.8 Å². The van der Waals surface area contributed by atoms with Gasteiger partial charge in [0.25, 0.3) is 0 Å². The Labute approximate surface area is 120 Å². The number of carbonyl (C=O) groups excluding carboxylic acids is 1. The van der Waals surface area contributed by atoms with E-state index in [1.165, 1.54) is 0 Å². The van der Waals surface area contributed by atoms with Crippen molar-refractivity contribution in [3.05, 3.63) is 23.8 Å². The quantitative estimate of drug-likeness (QED) is 0.577. The lowest BCUT2D eigenvalue weighted by molar-refractivity contribution is -0.116. The summed E-state index contributed by atoms with van der Waals surface area (Å²) in [5.74, 6) is 0.136. The first-order valence-corrected chi connectivity index (χ1v) is 6.97. The van der Waals surface area contributed by atoms with Crippen molar-refractivity contribution < 1.29 is 15.0 Å². The van der Waals surface area contributed by atoms with Crippen LogP contribution in [0.1, 0.15) is 45.2 Å². The van der Waals surface area contributed by atoms with Gasteiger partial charge in [-0.1, -0.05) is 6.92 Å². The molecule has 0 saturated carbocycles. The summed E-state index contributed by atoms with van der Waals surface area (Å²) >= 11 is 0. The lowest BCUT2D eigenvalue weighted by atomic mass is 10.1. The highest BCUT2D eigenvalue weighted by Gasteiger charge is 2.14. The van der Waals surface area contributed by atoms with Gasteiger partial charge in [-0.2, -0.15) is 0 Å². The number of carbonyl (C=O) groups is 1. The zero-order chi connectivity index (χ0) is 15.1. The van der Waals surface area contributed by atoms with E-state index in [9.17, 15) is 9.90 Å². The van der Waals surface area contributed by atoms with Crippen LogP contribution in [0.25, 0.3) is 0 Å². The standard InChI is InChI=1S/C15H24N2O3/c1-4-5-15(20)17-12-6-7-14(19)13(8-12)11(3)16-10(2)9-18/h6-8,10-11,16,18-19H,4-5,9H2,1-3H3,(H,17,20)/t10-,11?/m1/s1. The molecule has 0 aromatic heterocycles. The maximum absolute atomic E-state index is 11.6. The van der Waals surface area contributed by atoms with Crippen molar-refractivity contribution in [1.82, 2.24) is 5.32 Å². The summed E-state index contributed by atoms with van der Waals surface area (Å²) in [6.45, 7) is 5.74. The van der Waals surface area contributed by atoms with Crippen LogP contribution in [0.2, 0.25) is 0 Å². The van der Waals surface area contributed by atoms with E-state index in [0.717, 1.165) is 6.42 Å². The van der Waals surface area contributed by atoms with Crippen LogP contribution >= 0.6 is 0 Å². The predicted molar refractivity (Wildman–Crippen MR) is 79.7 cm³/mol. The lowest BCUT2D eigenvalue weighted by Gasteiger charge is -2.20. The second kappa shape index (κ2) is 7.87. The molecule has 1 aromatic carbocycles. The van der Waals surface area contributed by atoms with Crippen molar-refractivity contribution in [1.29, 1.82) is 0 Å². The normalized spacial score (nSPS) is 13.8. The van der Waals surface area contributed by atoms with Gasteiger partial charge in [0.15, 0.2) is 0 Å². The summed E-state index contributed by atoms with van der Waals surface area (Å²) in [7, 11) is 0. The van der Waals surface area contributed by atoms with Gasteiger partial charge in [0.2, 0.25) is 5.91 Å². The van der Waals surface area contributed by atoms with E-state index in [0.29, 0.717) is 17.7 Å². The number of phenols is 1. The molecule has 1 unspecified atom stereocenters. The van der Waals surface area contributed by atoms with Crippen LogP contribution in [0.3, 0.4) is 0 Å². The lowest BCUT2D eigenvalue weighted by Crippen LogP contribution is -2.31. The molecule has 4 N–H and O–H groups in total. The second-order valence-corrected chi connectivity index (χ2v) is 5.04. The third-order valence-electron chi connectivity index (χ3n) is 3.06. The Bertz CT molecular complexity index is 449. The summed E-state index contributed by atoms with van der Waals surface area (Å²) in [6, 6.07) is 4.81. The molecule has 1 amide bonds. The number of hydrogen-bond donors (Lipinski definition) is 4. The number of hydrogen-bond acceptors (Lipinski definition) is 4. The average molecular weight is 280 g/mol. The third kappa shape index (κ3) is 4.83. The molecule has 5 nitrogen and oxygen atoms in total. The zero-order valence-electron chi connectivity index (χ0n) is 12.3. The van der Waals surface area contributed by atoms with Crippen molar-refractivity contribution >= 4 is 11.6 Å². The molecule has 0 fully saturated rings. The van der Waals surface area contributed by atoms with Gasteiger partial charge in [0.1, 0.15) is 5.75 Å². The molecule has 0 spiro atoms. The summed E-state index contributed by atoms with van der Waals surface area (Å²) in [5.41, 5.74) is 1.36. The van der Waals surface area contributed by atoms with Crippen LogP contribution in [-0.2, 0) is 4.79 Å². The van der Waals surface area contributed by atoms with E-state index in [1.54, 1.807) is 18.2 Å². The molecule has 20 heavy (non-hydrogen) atoms. The maximum atomic E-state index is 11.6. The number of rotatable bonds is 7. The van der Waals surface area contributed by atoms with E-state index in [1.807, 2.05) is 20.8 Å². The van der Waals surface area contributed by atoms with Crippen LogP contribution < -0.4 is 10.6 Å². The highest BCUT2D eigenvalue weighted by Crippen LogP contribution is 2.27. The highest BCUT2D eigenvalue weighted by atomic mass is 16.3. The van der Waals surface area contributed by atoms with Crippen LogP contribution in [0.15, 0.2) is 18.2 Å². The fraction of sp³-hybridized carbons (Fsp3) is 0.533. The SMILES string of the molecule is CCCC(=O)Nc1ccc(O)c(C(C)N[C@H](C)CO)c1. The van der Waals surface area contributed by atoms with Gasteiger partial charge in [-0.3, -0.25) is 4.79 Å². The van der Waals surface area contributed by atoms with Crippen LogP contribution in [0, 0.1) is 0 Å². The smallest absolute Gasteiger partial charge is 0.224 e. The second-order valence-electron chi connectivity index (χ2n) is 5.04. The number of aromatic hydroxyl groups is 1. The number of benzene rings is 1. The minimum atomic E-state index is -0.125. The van der Waals surface area contributed by atoms with Gasteiger partial charge >= 0.3 is 0 Å². The number of anilines is 1. The molecular formula is C15H24N2O3. The van der Waals surface area contributed by atoms with Gasteiger partial charge in [-0.05, 0) is 38.5 Å². The summed E-state index contributed by atoms with van der Waals surface area (Å²) in [4.78, 5) is 11.6. The number of nitrogens with one attached hydrogen (secondary N) is 2. The zero-order valence-corrected chi connectivity index (χ0v) is 12.3. The Morgan fingerprint density at radius 2 is 2.05 bits per heavy atom. The fourth-order valence-electron chi connectivity index (χ4n) is 2.00. The van der Waals surface area contributed by atoms with E-state index >= 15 is 0 Å². The van der Waals surface area contributed by atoms with Crippen molar-refractivity contribution in [3.8, 4) is 5.75 Å². The molecule has 1 aromatic rings. The van der Waals surface area contributed by atoms with E-state index in [-0.39, 0.29) is 30.3 Å². The maximum Gasteiger partial charge on any atom is 0.224 e. The summed E-state index contributed by atoms with van der Waals surface area (Å²) < 4.78 is 0. The first-order valence-electron chi connectivity index (χ1n) is 6.97. The predicted octanol–water partition coefficient (Wildman–Crippen LogP) is 2.16. The molecule has 5 heteroatoms. The average Bonchev–Trinajstić information content (AvgIpc) is 2.40. The molecule has 0 aliphatic heterocycles. The molecule has 112 valence electrons. The topological polar surface area (TPSA) is 81.6 Å². The van der Waals surface area contributed by atoms with Gasteiger partial charge in [-0.15, -0.1) is 0 Å². The molecule has 2 atom stereocenters. The number of amides is 1. The Balaban J connectivity index is 2.82. The monoisotopic (exact) mass is 280 g/mol. The van der Waals surface area contributed by atoms with Gasteiger partial charge in [-0.25, -0.2) is 0 Å². The van der Waals surface area contributed by atoms with Gasteiger partial charge in [0, 0.05) is 29.8 Å². The molecule has 0 heterocycles. The largest absolute Gasteiger partial charge is 0.508 e. The molecule has 0 aliphatic rings. The van der Waals surface area contributed by atoms with E-state index in [2.05, 4.69) is 10.6 Å². The molecule has 0 radical (unpaired) electrons. The number of aliphatic hydroxyl groups is 1. The van der Waals surface area contributed by atoms with Crippen LogP contribution in [0.5, 0.6) is 5.75 Å². The molecule has 0 aliphatic carbocycles. The molecule has 0 bridgehead atoms. The van der Waals surface area contributed by atoms with E-state index < -0.39 is 0 Å². The molecule has 1 rings (SSSR count). The highest BCUT2D eigenvalue weighted by molar-refractivity contribution is 5.90. The van der Waals surface area contributed by atoms with Crippen LogP contribution in [0.4, 0.5) is 5.69 Å². The Kier molecular flexibility index (Phi) is 6.48. The number of phenolic OH excluding ortho intramolecular Hbond substituents is 1. The summed E-state index contributed by atoms with van der Waals surface area (Å²) in [5, 5.41) is 24.9.